The lowest BCUT2D eigenvalue weighted by atomic mass is 10.3. The van der Waals surface area contributed by atoms with Crippen molar-refractivity contribution in [3.8, 4) is 11.5 Å². The van der Waals surface area contributed by atoms with E-state index < -0.39 is 34.3 Å². The van der Waals surface area contributed by atoms with Crippen molar-refractivity contribution in [3.63, 3.8) is 0 Å². The Morgan fingerprint density at radius 1 is 1.06 bits per heavy atom. The molecule has 0 radical (unpaired) electrons. The van der Waals surface area contributed by atoms with Gasteiger partial charge >= 0.3 is 5.97 Å². The van der Waals surface area contributed by atoms with Crippen LogP contribution in [0.1, 0.15) is 12.8 Å². The molecule has 1 aliphatic rings. The van der Waals surface area contributed by atoms with Gasteiger partial charge in [0.1, 0.15) is 19.0 Å². The normalized spacial score (nSPS) is 12.8. The van der Waals surface area contributed by atoms with E-state index in [2.05, 4.69) is 10.0 Å². The van der Waals surface area contributed by atoms with Gasteiger partial charge in [-0.2, -0.15) is 0 Å². The Bertz CT molecular complexity index is 1060. The smallest absolute Gasteiger partial charge is 0.306 e. The first-order valence-electron chi connectivity index (χ1n) is 9.44. The van der Waals surface area contributed by atoms with Crippen LogP contribution in [0.3, 0.4) is 0 Å². The van der Waals surface area contributed by atoms with E-state index in [1.165, 1.54) is 36.4 Å². The molecule has 2 N–H and O–H groups in total. The molecule has 2 aromatic rings. The molecule has 0 unspecified atom stereocenters. The van der Waals surface area contributed by atoms with Crippen molar-refractivity contribution in [2.24, 2.45) is 0 Å². The molecule has 0 bridgehead atoms. The van der Waals surface area contributed by atoms with E-state index in [1.54, 1.807) is 0 Å². The van der Waals surface area contributed by atoms with Crippen molar-refractivity contribution in [2.75, 3.05) is 31.7 Å². The lowest BCUT2D eigenvalue weighted by Crippen LogP contribution is -2.26. The van der Waals surface area contributed by atoms with E-state index in [-0.39, 0.29) is 30.0 Å². The molecule has 0 aromatic heterocycles. The molecule has 1 aliphatic heterocycles. The number of esters is 1. The highest BCUT2D eigenvalue weighted by atomic mass is 32.2. The lowest BCUT2D eigenvalue weighted by molar-refractivity contribution is -0.147. The van der Waals surface area contributed by atoms with E-state index in [0.29, 0.717) is 24.7 Å². The number of ether oxygens (including phenoxy) is 3. The number of benzene rings is 2. The van der Waals surface area contributed by atoms with Gasteiger partial charge in [0.05, 0.1) is 4.90 Å². The van der Waals surface area contributed by atoms with Crippen LogP contribution in [0.5, 0.6) is 11.5 Å². The summed E-state index contributed by atoms with van der Waals surface area (Å²) in [5.41, 5.74) is 0.245. The van der Waals surface area contributed by atoms with Crippen molar-refractivity contribution in [2.45, 2.75) is 17.7 Å². The number of amides is 1. The van der Waals surface area contributed by atoms with Crippen LogP contribution >= 0.6 is 0 Å². The molecule has 1 heterocycles. The Kier molecular flexibility index (Phi) is 7.42. The van der Waals surface area contributed by atoms with Crippen LogP contribution in [0.4, 0.5) is 10.1 Å². The Morgan fingerprint density at radius 3 is 2.61 bits per heavy atom. The molecular weight excluding hydrogens is 431 g/mol. The molecule has 1 amide bonds. The van der Waals surface area contributed by atoms with Crippen LogP contribution in [0.2, 0.25) is 0 Å². The molecule has 11 heteroatoms. The van der Waals surface area contributed by atoms with Crippen LogP contribution < -0.4 is 19.5 Å². The van der Waals surface area contributed by atoms with E-state index in [0.717, 1.165) is 6.07 Å². The van der Waals surface area contributed by atoms with Gasteiger partial charge in [-0.05, 0) is 36.8 Å². The summed E-state index contributed by atoms with van der Waals surface area (Å²) in [4.78, 5) is 23.5. The number of hydrogen-bond acceptors (Lipinski definition) is 7. The maximum atomic E-state index is 13.1. The average molecular weight is 452 g/mol. The number of carbonyl (C=O) groups excluding carboxylic acids is 2. The monoisotopic (exact) mass is 452 g/mol. The molecule has 0 saturated heterocycles. The standard InChI is InChI=1S/C20H21FN2O7S/c21-14-3-1-4-15(11-14)23-19(24)13-30-20(25)5-2-8-22-31(26,27)16-6-7-17-18(12-16)29-10-9-28-17/h1,3-4,6-7,11-12,22H,2,5,8-10,13H2,(H,23,24). The number of carbonyl (C=O) groups is 2. The van der Waals surface area contributed by atoms with E-state index in [1.807, 2.05) is 0 Å². The number of nitrogens with one attached hydrogen (secondary N) is 2. The SMILES string of the molecule is O=C(COC(=O)CCCNS(=O)(=O)c1ccc2c(c1)OCCO2)Nc1cccc(F)c1. The largest absolute Gasteiger partial charge is 0.486 e. The highest BCUT2D eigenvalue weighted by Crippen LogP contribution is 2.32. The van der Waals surface area contributed by atoms with Crippen molar-refractivity contribution >= 4 is 27.6 Å². The molecular formula is C20H21FN2O7S. The van der Waals surface area contributed by atoms with Gasteiger partial charge in [-0.3, -0.25) is 9.59 Å². The zero-order valence-corrected chi connectivity index (χ0v) is 17.2. The van der Waals surface area contributed by atoms with Gasteiger partial charge < -0.3 is 19.5 Å². The van der Waals surface area contributed by atoms with E-state index >= 15 is 0 Å². The summed E-state index contributed by atoms with van der Waals surface area (Å²) in [6.07, 6.45) is 0.0883. The fraction of sp³-hybridized carbons (Fsp3) is 0.300. The van der Waals surface area contributed by atoms with Crippen molar-refractivity contribution in [1.82, 2.24) is 4.72 Å². The average Bonchev–Trinajstić information content (AvgIpc) is 2.75. The van der Waals surface area contributed by atoms with Crippen LogP contribution in [-0.4, -0.2) is 46.7 Å². The van der Waals surface area contributed by atoms with Gasteiger partial charge in [-0.1, -0.05) is 6.07 Å². The second kappa shape index (κ2) is 10.2. The summed E-state index contributed by atoms with van der Waals surface area (Å²) in [7, 11) is -3.79. The predicted molar refractivity (Wildman–Crippen MR) is 108 cm³/mol. The molecule has 31 heavy (non-hydrogen) atoms. The Hall–Kier alpha value is -3.18. The maximum absolute atomic E-state index is 13.1. The molecule has 0 saturated carbocycles. The topological polar surface area (TPSA) is 120 Å². The molecule has 0 spiro atoms. The highest BCUT2D eigenvalue weighted by molar-refractivity contribution is 7.89. The molecule has 166 valence electrons. The summed E-state index contributed by atoms with van der Waals surface area (Å²) in [6, 6.07) is 9.60. The first-order chi connectivity index (χ1) is 14.8. The van der Waals surface area contributed by atoms with Gasteiger partial charge in [0, 0.05) is 24.7 Å². The van der Waals surface area contributed by atoms with Gasteiger partial charge in [0.15, 0.2) is 18.1 Å². The molecule has 0 aliphatic carbocycles. The quantitative estimate of drug-likeness (QED) is 0.440. The van der Waals surface area contributed by atoms with Crippen LogP contribution in [0, 0.1) is 5.82 Å². The van der Waals surface area contributed by atoms with Crippen LogP contribution in [-0.2, 0) is 24.3 Å². The third-order valence-electron chi connectivity index (χ3n) is 4.15. The molecule has 3 rings (SSSR count). The number of sulfonamides is 1. The first kappa shape index (κ1) is 22.5. The Balaban J connectivity index is 1.38. The number of hydrogen-bond donors (Lipinski definition) is 2. The minimum atomic E-state index is -3.79. The number of halogens is 1. The van der Waals surface area contributed by atoms with E-state index in [4.69, 9.17) is 14.2 Å². The molecule has 9 nitrogen and oxygen atoms in total. The number of fused-ring (bicyclic) bond motifs is 1. The van der Waals surface area contributed by atoms with E-state index in [9.17, 15) is 22.4 Å². The zero-order valence-electron chi connectivity index (χ0n) is 16.4. The second-order valence-electron chi connectivity index (χ2n) is 6.53. The number of rotatable bonds is 9. The summed E-state index contributed by atoms with van der Waals surface area (Å²) in [6.45, 7) is 0.214. The first-order valence-corrected chi connectivity index (χ1v) is 10.9. The second-order valence-corrected chi connectivity index (χ2v) is 8.29. The van der Waals surface area contributed by atoms with Crippen LogP contribution in [0.25, 0.3) is 0 Å². The number of anilines is 1. The summed E-state index contributed by atoms with van der Waals surface area (Å²) >= 11 is 0. The fourth-order valence-electron chi connectivity index (χ4n) is 2.69. The summed E-state index contributed by atoms with van der Waals surface area (Å²) in [5, 5.41) is 2.40. The van der Waals surface area contributed by atoms with Gasteiger partial charge in [-0.25, -0.2) is 17.5 Å². The minimum absolute atomic E-state index is 0.00135. The van der Waals surface area contributed by atoms with Crippen molar-refractivity contribution in [3.05, 3.63) is 48.3 Å². The highest BCUT2D eigenvalue weighted by Gasteiger charge is 2.19. The maximum Gasteiger partial charge on any atom is 0.306 e. The van der Waals surface area contributed by atoms with Crippen LogP contribution in [0.15, 0.2) is 47.4 Å². The van der Waals surface area contributed by atoms with Gasteiger partial charge in [0.25, 0.3) is 5.91 Å². The van der Waals surface area contributed by atoms with Crippen molar-refractivity contribution < 1.29 is 36.6 Å². The fourth-order valence-corrected chi connectivity index (χ4v) is 3.78. The Morgan fingerprint density at radius 2 is 1.84 bits per heavy atom. The molecule has 0 atom stereocenters. The summed E-state index contributed by atoms with van der Waals surface area (Å²) < 4.78 is 55.8. The third-order valence-corrected chi connectivity index (χ3v) is 5.61. The Labute approximate surface area is 178 Å². The lowest BCUT2D eigenvalue weighted by Gasteiger charge is -2.18. The molecule has 0 fully saturated rings. The van der Waals surface area contributed by atoms with Gasteiger partial charge in [0.2, 0.25) is 10.0 Å². The minimum Gasteiger partial charge on any atom is -0.486 e. The predicted octanol–water partition coefficient (Wildman–Crippen LogP) is 1.84. The summed E-state index contributed by atoms with van der Waals surface area (Å²) in [5.74, 6) is -0.941. The molecule has 2 aromatic carbocycles. The third kappa shape index (κ3) is 6.66. The zero-order chi connectivity index (χ0) is 22.3. The van der Waals surface area contributed by atoms with Crippen molar-refractivity contribution in [1.29, 1.82) is 0 Å². The van der Waals surface area contributed by atoms with Gasteiger partial charge in [-0.15, -0.1) is 0 Å².